The fraction of sp³-hybridized carbons (Fsp3) is 0.206. The van der Waals surface area contributed by atoms with Gasteiger partial charge in [-0.25, -0.2) is 0 Å². The number of anilines is 1. The Morgan fingerprint density at radius 2 is 1.39 bits per heavy atom. The highest BCUT2D eigenvalue weighted by Gasteiger charge is 2.16. The molecule has 0 unspecified atom stereocenters. The van der Waals surface area contributed by atoms with Gasteiger partial charge in [0.15, 0.2) is 5.78 Å². The monoisotopic (exact) mass is 507 g/mol. The molecule has 4 nitrogen and oxygen atoms in total. The molecule has 0 bridgehead atoms. The van der Waals surface area contributed by atoms with Crippen molar-refractivity contribution in [2.45, 2.75) is 45.4 Å². The summed E-state index contributed by atoms with van der Waals surface area (Å²) in [4.78, 5) is 38.7. The lowest BCUT2D eigenvalue weighted by atomic mass is 9.93. The predicted molar refractivity (Wildman–Crippen MR) is 157 cm³/mol. The second kappa shape index (κ2) is 13.3. The standard InChI is InChI=1S/C34H33NO3.2H2/c1-25-15-17-27(18-16-25)23-31(36)22-20-28-19-21-30(24-32(28)34(38)29-12-6-3-7-13-29)35-33(37)14-8-11-26-9-4-2-5-10-26;;/h2-7,9-10,12-13,15-19,21,24H,8,11,14,20,22-23H2,1H3,(H,35,37);2*1H. The molecule has 1 N–H and O–H groups in total. The summed E-state index contributed by atoms with van der Waals surface area (Å²) >= 11 is 0. The smallest absolute Gasteiger partial charge is 0.224 e. The molecule has 38 heavy (non-hydrogen) atoms. The molecule has 0 aliphatic rings. The van der Waals surface area contributed by atoms with Crippen molar-refractivity contribution in [3.8, 4) is 0 Å². The molecule has 0 radical (unpaired) electrons. The van der Waals surface area contributed by atoms with Gasteiger partial charge in [-0.2, -0.15) is 0 Å². The average Bonchev–Trinajstić information content (AvgIpc) is 2.94. The molecule has 4 aromatic rings. The zero-order chi connectivity index (χ0) is 26.7. The van der Waals surface area contributed by atoms with Gasteiger partial charge < -0.3 is 5.32 Å². The highest BCUT2D eigenvalue weighted by Crippen LogP contribution is 2.22. The Hall–Kier alpha value is -4.31. The fourth-order valence-corrected chi connectivity index (χ4v) is 4.45. The number of Topliss-reactive ketones (excluding diaryl/α,β-unsaturated/α-hetero) is 1. The Labute approximate surface area is 227 Å². The average molecular weight is 508 g/mol. The Kier molecular flexibility index (Phi) is 9.36. The first-order valence-corrected chi connectivity index (χ1v) is 13.1. The summed E-state index contributed by atoms with van der Waals surface area (Å²) in [7, 11) is 0. The SMILES string of the molecule is Cc1ccc(CC(=O)CCc2ccc(NC(=O)CCCc3ccccc3)cc2C(=O)c2ccccc2)cc1.[HH].[HH]. The number of hydrogen-bond acceptors (Lipinski definition) is 3. The summed E-state index contributed by atoms with van der Waals surface area (Å²) in [6.45, 7) is 2.02. The van der Waals surface area contributed by atoms with Gasteiger partial charge in [-0.3, -0.25) is 14.4 Å². The summed E-state index contributed by atoms with van der Waals surface area (Å²) in [6, 6.07) is 32.6. The lowest BCUT2D eigenvalue weighted by molar-refractivity contribution is -0.118. The summed E-state index contributed by atoms with van der Waals surface area (Å²) < 4.78 is 0. The quantitative estimate of drug-likeness (QED) is 0.203. The van der Waals surface area contributed by atoms with Crippen molar-refractivity contribution in [3.05, 3.63) is 137 Å². The van der Waals surface area contributed by atoms with E-state index in [4.69, 9.17) is 0 Å². The van der Waals surface area contributed by atoms with Crippen LogP contribution < -0.4 is 5.32 Å². The van der Waals surface area contributed by atoms with Gasteiger partial charge in [-0.15, -0.1) is 0 Å². The van der Waals surface area contributed by atoms with Gasteiger partial charge in [0.1, 0.15) is 5.78 Å². The van der Waals surface area contributed by atoms with Crippen LogP contribution in [0.1, 0.15) is 60.3 Å². The number of amides is 1. The van der Waals surface area contributed by atoms with Crippen LogP contribution in [0.2, 0.25) is 0 Å². The van der Waals surface area contributed by atoms with E-state index >= 15 is 0 Å². The maximum Gasteiger partial charge on any atom is 0.224 e. The summed E-state index contributed by atoms with van der Waals surface area (Å²) in [5, 5.41) is 2.95. The Balaban J connectivity index is 0.00000280. The summed E-state index contributed by atoms with van der Waals surface area (Å²) in [6.07, 6.45) is 3.15. The summed E-state index contributed by atoms with van der Waals surface area (Å²) in [5.41, 5.74) is 5.84. The molecule has 0 saturated carbocycles. The van der Waals surface area contributed by atoms with E-state index in [-0.39, 0.29) is 20.3 Å². The molecule has 1 amide bonds. The molecule has 0 heterocycles. The van der Waals surface area contributed by atoms with Gasteiger partial charge in [-0.05, 0) is 55.0 Å². The second-order valence-corrected chi connectivity index (χ2v) is 9.66. The highest BCUT2D eigenvalue weighted by atomic mass is 16.1. The molecular weight excluding hydrogens is 470 g/mol. The lowest BCUT2D eigenvalue weighted by Crippen LogP contribution is -2.14. The van der Waals surface area contributed by atoms with E-state index in [9.17, 15) is 14.4 Å². The number of hydrogen-bond donors (Lipinski definition) is 1. The van der Waals surface area contributed by atoms with Crippen molar-refractivity contribution in [1.82, 2.24) is 0 Å². The first-order valence-electron chi connectivity index (χ1n) is 13.1. The van der Waals surface area contributed by atoms with Crippen LogP contribution in [0.4, 0.5) is 5.69 Å². The lowest BCUT2D eigenvalue weighted by Gasteiger charge is -2.13. The molecule has 0 atom stereocenters. The van der Waals surface area contributed by atoms with Crippen LogP contribution in [0.25, 0.3) is 0 Å². The third-order valence-electron chi connectivity index (χ3n) is 6.58. The van der Waals surface area contributed by atoms with Crippen molar-refractivity contribution in [2.24, 2.45) is 0 Å². The second-order valence-electron chi connectivity index (χ2n) is 9.66. The normalized spacial score (nSPS) is 10.7. The van der Waals surface area contributed by atoms with E-state index in [0.717, 1.165) is 29.5 Å². The van der Waals surface area contributed by atoms with Gasteiger partial charge in [0.25, 0.3) is 0 Å². The molecule has 0 aliphatic heterocycles. The van der Waals surface area contributed by atoms with Gasteiger partial charge in [0, 0.05) is 38.9 Å². The number of carbonyl (C=O) groups excluding carboxylic acids is 3. The minimum absolute atomic E-state index is 0. The van der Waals surface area contributed by atoms with Gasteiger partial charge >= 0.3 is 0 Å². The van der Waals surface area contributed by atoms with Crippen LogP contribution in [0.3, 0.4) is 0 Å². The van der Waals surface area contributed by atoms with E-state index in [1.165, 1.54) is 5.56 Å². The molecule has 0 saturated heterocycles. The zero-order valence-corrected chi connectivity index (χ0v) is 21.8. The molecule has 0 spiro atoms. The van der Waals surface area contributed by atoms with E-state index in [0.29, 0.717) is 42.5 Å². The molecule has 4 rings (SSSR count). The van der Waals surface area contributed by atoms with Crippen LogP contribution in [0.5, 0.6) is 0 Å². The van der Waals surface area contributed by atoms with E-state index < -0.39 is 0 Å². The zero-order valence-electron chi connectivity index (χ0n) is 21.8. The van der Waals surface area contributed by atoms with Crippen LogP contribution in [0, 0.1) is 6.92 Å². The van der Waals surface area contributed by atoms with Gasteiger partial charge in [0.2, 0.25) is 5.91 Å². The molecule has 0 aliphatic carbocycles. The number of carbonyl (C=O) groups is 3. The number of rotatable bonds is 12. The highest BCUT2D eigenvalue weighted by molar-refractivity contribution is 6.10. The third kappa shape index (κ3) is 7.84. The third-order valence-corrected chi connectivity index (χ3v) is 6.58. The first kappa shape index (κ1) is 26.7. The summed E-state index contributed by atoms with van der Waals surface area (Å²) in [5.74, 6) is -0.0745. The van der Waals surface area contributed by atoms with Crippen LogP contribution in [-0.4, -0.2) is 17.5 Å². The van der Waals surface area contributed by atoms with E-state index in [1.54, 1.807) is 18.2 Å². The molecule has 0 fully saturated rings. The van der Waals surface area contributed by atoms with Crippen molar-refractivity contribution in [1.29, 1.82) is 0 Å². The maximum absolute atomic E-state index is 13.4. The number of aryl methyl sites for hydroxylation is 3. The number of ketones is 2. The Morgan fingerprint density at radius 3 is 2.11 bits per heavy atom. The van der Waals surface area contributed by atoms with Crippen LogP contribution in [0.15, 0.2) is 103 Å². The largest absolute Gasteiger partial charge is 0.326 e. The van der Waals surface area contributed by atoms with Crippen molar-refractivity contribution in [2.75, 3.05) is 5.32 Å². The van der Waals surface area contributed by atoms with Crippen molar-refractivity contribution >= 4 is 23.2 Å². The maximum atomic E-state index is 13.4. The molecule has 0 aromatic heterocycles. The first-order chi connectivity index (χ1) is 18.5. The van der Waals surface area contributed by atoms with Crippen molar-refractivity contribution in [3.63, 3.8) is 0 Å². The van der Waals surface area contributed by atoms with E-state index in [2.05, 4.69) is 17.4 Å². The Bertz CT molecular complexity index is 1390. The minimum atomic E-state index is -0.119. The van der Waals surface area contributed by atoms with Crippen LogP contribution >= 0.6 is 0 Å². The molecule has 4 heteroatoms. The van der Waals surface area contributed by atoms with Crippen molar-refractivity contribution < 1.29 is 17.2 Å². The molecule has 196 valence electrons. The number of nitrogens with one attached hydrogen (secondary N) is 1. The fourth-order valence-electron chi connectivity index (χ4n) is 4.45. The Morgan fingerprint density at radius 1 is 0.711 bits per heavy atom. The topological polar surface area (TPSA) is 63.2 Å². The number of benzene rings is 4. The van der Waals surface area contributed by atoms with Gasteiger partial charge in [-0.1, -0.05) is 96.6 Å². The predicted octanol–water partition coefficient (Wildman–Crippen LogP) is 7.42. The van der Waals surface area contributed by atoms with Crippen LogP contribution in [-0.2, 0) is 28.9 Å². The van der Waals surface area contributed by atoms with Gasteiger partial charge in [0.05, 0.1) is 0 Å². The minimum Gasteiger partial charge on any atom is -0.326 e. The molecular formula is C34H37NO3. The molecule has 4 aromatic carbocycles. The van der Waals surface area contributed by atoms with E-state index in [1.807, 2.05) is 79.7 Å².